The molecule has 2 aromatic heterocycles. The zero-order valence-corrected chi connectivity index (χ0v) is 7.90. The Kier molecular flexibility index (Phi) is 1.59. The number of rotatable bonds is 1. The Morgan fingerprint density at radius 2 is 2.07 bits per heavy atom. The van der Waals surface area contributed by atoms with Gasteiger partial charge in [-0.2, -0.15) is 0 Å². The third kappa shape index (κ3) is 1.13. The van der Waals surface area contributed by atoms with E-state index in [-0.39, 0.29) is 0 Å². The highest BCUT2D eigenvalue weighted by molar-refractivity contribution is 6.08. The number of benzene rings is 1. The van der Waals surface area contributed by atoms with Crippen molar-refractivity contribution in [3.8, 4) is 0 Å². The number of carbonyl (C=O) groups excluding carboxylic acids is 1. The lowest BCUT2D eigenvalue weighted by atomic mass is 10.1. The molecule has 0 spiro atoms. The second-order valence-corrected chi connectivity index (χ2v) is 3.47. The molecule has 0 saturated heterocycles. The number of aromatic nitrogens is 2. The summed E-state index contributed by atoms with van der Waals surface area (Å²) in [5, 5.41) is 2.17. The number of fused-ring (bicyclic) bond motifs is 3. The molecular formula is C12H8N2O. The highest BCUT2D eigenvalue weighted by atomic mass is 16.1. The molecule has 1 N–H and O–H groups in total. The summed E-state index contributed by atoms with van der Waals surface area (Å²) in [6, 6.07) is 7.56. The predicted octanol–water partition coefficient (Wildman–Crippen LogP) is 2.53. The number of nitrogens with one attached hydrogen (secondary N) is 1. The van der Waals surface area contributed by atoms with Crippen LogP contribution in [0.25, 0.3) is 21.8 Å². The van der Waals surface area contributed by atoms with Crippen LogP contribution in [0.1, 0.15) is 10.4 Å². The van der Waals surface area contributed by atoms with Crippen molar-refractivity contribution in [2.45, 2.75) is 0 Å². The first kappa shape index (κ1) is 8.17. The quantitative estimate of drug-likeness (QED) is 0.608. The van der Waals surface area contributed by atoms with Crippen LogP contribution in [0.4, 0.5) is 0 Å². The van der Waals surface area contributed by atoms with E-state index in [9.17, 15) is 4.79 Å². The Labute approximate surface area is 85.8 Å². The summed E-state index contributed by atoms with van der Waals surface area (Å²) in [4.78, 5) is 18.0. The molecule has 0 bridgehead atoms. The van der Waals surface area contributed by atoms with Gasteiger partial charge in [-0.25, -0.2) is 0 Å². The minimum Gasteiger partial charge on any atom is -0.353 e. The Balaban J connectivity index is 2.51. The van der Waals surface area contributed by atoms with Gasteiger partial charge < -0.3 is 4.98 Å². The first-order chi connectivity index (χ1) is 7.38. The molecule has 72 valence electrons. The zero-order valence-electron chi connectivity index (χ0n) is 7.90. The topological polar surface area (TPSA) is 45.8 Å². The summed E-state index contributed by atoms with van der Waals surface area (Å²) in [6.07, 6.45) is 4.40. The van der Waals surface area contributed by atoms with E-state index in [4.69, 9.17) is 0 Å². The lowest BCUT2D eigenvalue weighted by Gasteiger charge is -1.91. The van der Waals surface area contributed by atoms with Crippen molar-refractivity contribution in [1.82, 2.24) is 9.97 Å². The molecule has 0 saturated carbocycles. The zero-order chi connectivity index (χ0) is 10.3. The smallest absolute Gasteiger partial charge is 0.150 e. The van der Waals surface area contributed by atoms with Crippen molar-refractivity contribution in [2.75, 3.05) is 0 Å². The van der Waals surface area contributed by atoms with Crippen LogP contribution in [0, 0.1) is 0 Å². The molecule has 3 heteroatoms. The van der Waals surface area contributed by atoms with E-state index >= 15 is 0 Å². The highest BCUT2D eigenvalue weighted by Crippen LogP contribution is 2.24. The standard InChI is InChI=1S/C12H8N2O/c15-7-8-1-2-11-10(5-8)9-3-4-13-6-12(9)14-11/h1-7,14H. The fraction of sp³-hybridized carbons (Fsp3) is 0. The number of aromatic amines is 1. The molecule has 0 aliphatic heterocycles. The molecule has 3 rings (SSSR count). The monoisotopic (exact) mass is 196 g/mol. The molecule has 0 atom stereocenters. The number of nitrogens with zero attached hydrogens (tertiary/aromatic N) is 1. The van der Waals surface area contributed by atoms with Gasteiger partial charge in [0.15, 0.2) is 0 Å². The molecule has 15 heavy (non-hydrogen) atoms. The molecule has 0 amide bonds. The van der Waals surface area contributed by atoms with Crippen LogP contribution in [0.5, 0.6) is 0 Å². The molecule has 0 unspecified atom stereocenters. The molecule has 0 fully saturated rings. The third-order valence-electron chi connectivity index (χ3n) is 2.56. The lowest BCUT2D eigenvalue weighted by molar-refractivity contribution is 0.112. The minimum absolute atomic E-state index is 0.695. The molecule has 0 aliphatic rings. The average molecular weight is 196 g/mol. The SMILES string of the molecule is O=Cc1ccc2[nH]c3cnccc3c2c1. The van der Waals surface area contributed by atoms with E-state index in [0.29, 0.717) is 5.56 Å². The van der Waals surface area contributed by atoms with Gasteiger partial charge in [-0.15, -0.1) is 0 Å². The lowest BCUT2D eigenvalue weighted by Crippen LogP contribution is -1.77. The van der Waals surface area contributed by atoms with Gasteiger partial charge in [-0.3, -0.25) is 9.78 Å². The molecule has 3 nitrogen and oxygen atoms in total. The van der Waals surface area contributed by atoms with Gasteiger partial charge in [0.1, 0.15) is 6.29 Å². The first-order valence-corrected chi connectivity index (χ1v) is 4.69. The number of hydrogen-bond acceptors (Lipinski definition) is 2. The maximum absolute atomic E-state index is 10.7. The average Bonchev–Trinajstić information content (AvgIpc) is 2.66. The van der Waals surface area contributed by atoms with Crippen LogP contribution in [0.15, 0.2) is 36.7 Å². The summed E-state index contributed by atoms with van der Waals surface area (Å²) >= 11 is 0. The Morgan fingerprint density at radius 1 is 1.13 bits per heavy atom. The van der Waals surface area contributed by atoms with Crippen LogP contribution < -0.4 is 0 Å². The van der Waals surface area contributed by atoms with Crippen LogP contribution >= 0.6 is 0 Å². The van der Waals surface area contributed by atoms with Crippen molar-refractivity contribution in [3.63, 3.8) is 0 Å². The minimum atomic E-state index is 0.695. The van der Waals surface area contributed by atoms with Crippen molar-refractivity contribution >= 4 is 28.1 Å². The second-order valence-electron chi connectivity index (χ2n) is 3.47. The maximum atomic E-state index is 10.7. The van der Waals surface area contributed by atoms with Crippen molar-refractivity contribution in [3.05, 3.63) is 42.2 Å². The van der Waals surface area contributed by atoms with E-state index in [2.05, 4.69) is 9.97 Å². The van der Waals surface area contributed by atoms with E-state index in [1.807, 2.05) is 18.2 Å². The fourth-order valence-corrected chi connectivity index (χ4v) is 1.84. The maximum Gasteiger partial charge on any atom is 0.150 e. The van der Waals surface area contributed by atoms with E-state index in [1.165, 1.54) is 0 Å². The number of pyridine rings is 1. The molecule has 0 aliphatic carbocycles. The van der Waals surface area contributed by atoms with E-state index < -0.39 is 0 Å². The van der Waals surface area contributed by atoms with Gasteiger partial charge in [-0.05, 0) is 24.3 Å². The van der Waals surface area contributed by atoms with E-state index in [0.717, 1.165) is 28.1 Å². The van der Waals surface area contributed by atoms with Crippen LogP contribution in [-0.2, 0) is 0 Å². The Morgan fingerprint density at radius 3 is 2.93 bits per heavy atom. The van der Waals surface area contributed by atoms with Gasteiger partial charge in [0, 0.05) is 28.0 Å². The Bertz CT molecular complexity index is 655. The van der Waals surface area contributed by atoms with E-state index in [1.54, 1.807) is 18.5 Å². The van der Waals surface area contributed by atoms with Gasteiger partial charge in [0.25, 0.3) is 0 Å². The predicted molar refractivity (Wildman–Crippen MR) is 59.0 cm³/mol. The van der Waals surface area contributed by atoms with Crippen LogP contribution in [-0.4, -0.2) is 16.3 Å². The molecular weight excluding hydrogens is 188 g/mol. The van der Waals surface area contributed by atoms with Crippen LogP contribution in [0.2, 0.25) is 0 Å². The normalized spacial score (nSPS) is 10.9. The number of hydrogen-bond donors (Lipinski definition) is 1. The van der Waals surface area contributed by atoms with Crippen molar-refractivity contribution in [2.24, 2.45) is 0 Å². The third-order valence-corrected chi connectivity index (χ3v) is 2.56. The number of H-pyrrole nitrogens is 1. The summed E-state index contributed by atoms with van der Waals surface area (Å²) in [5.41, 5.74) is 2.72. The molecule has 2 heterocycles. The summed E-state index contributed by atoms with van der Waals surface area (Å²) in [5.74, 6) is 0. The summed E-state index contributed by atoms with van der Waals surface area (Å²) in [7, 11) is 0. The van der Waals surface area contributed by atoms with Gasteiger partial charge in [0.2, 0.25) is 0 Å². The van der Waals surface area contributed by atoms with Crippen molar-refractivity contribution in [1.29, 1.82) is 0 Å². The molecule has 1 aromatic carbocycles. The fourth-order valence-electron chi connectivity index (χ4n) is 1.84. The summed E-state index contributed by atoms with van der Waals surface area (Å²) < 4.78 is 0. The number of aldehydes is 1. The summed E-state index contributed by atoms with van der Waals surface area (Å²) in [6.45, 7) is 0. The first-order valence-electron chi connectivity index (χ1n) is 4.69. The molecule has 0 radical (unpaired) electrons. The molecule has 3 aromatic rings. The highest BCUT2D eigenvalue weighted by Gasteiger charge is 2.03. The van der Waals surface area contributed by atoms with Gasteiger partial charge in [0.05, 0.1) is 11.7 Å². The van der Waals surface area contributed by atoms with Gasteiger partial charge in [-0.1, -0.05) is 0 Å². The second kappa shape index (κ2) is 2.92. The van der Waals surface area contributed by atoms with Crippen LogP contribution in [0.3, 0.4) is 0 Å². The van der Waals surface area contributed by atoms with Crippen molar-refractivity contribution < 1.29 is 4.79 Å². The largest absolute Gasteiger partial charge is 0.353 e. The Hall–Kier alpha value is -2.16. The number of carbonyl (C=O) groups is 1. The van der Waals surface area contributed by atoms with Gasteiger partial charge >= 0.3 is 0 Å².